The Morgan fingerprint density at radius 1 is 1.35 bits per heavy atom. The standard InChI is InChI=1S/C14H21NO2/c1-17-10-14(12-5-3-2-4-6-12)15-9-11-7-13(16)8-11/h2-6,11,13-16H,7-10H2,1H3. The predicted octanol–water partition coefficient (Wildman–Crippen LogP) is 1.73. The summed E-state index contributed by atoms with van der Waals surface area (Å²) >= 11 is 0. The molecule has 1 aliphatic carbocycles. The van der Waals surface area contributed by atoms with Crippen LogP contribution in [0.4, 0.5) is 0 Å². The monoisotopic (exact) mass is 235 g/mol. The van der Waals surface area contributed by atoms with E-state index in [-0.39, 0.29) is 12.1 Å². The summed E-state index contributed by atoms with van der Waals surface area (Å²) in [5.74, 6) is 0.619. The van der Waals surface area contributed by atoms with Gasteiger partial charge in [-0.3, -0.25) is 0 Å². The number of rotatable bonds is 6. The average molecular weight is 235 g/mol. The highest BCUT2D eigenvalue weighted by molar-refractivity contribution is 5.19. The van der Waals surface area contributed by atoms with E-state index in [1.54, 1.807) is 7.11 Å². The van der Waals surface area contributed by atoms with Gasteiger partial charge >= 0.3 is 0 Å². The first kappa shape index (κ1) is 12.6. The smallest absolute Gasteiger partial charge is 0.0657 e. The Labute approximate surface area is 103 Å². The first-order chi connectivity index (χ1) is 8.29. The zero-order valence-corrected chi connectivity index (χ0v) is 10.3. The Balaban J connectivity index is 1.84. The second-order valence-corrected chi connectivity index (χ2v) is 4.82. The fourth-order valence-electron chi connectivity index (χ4n) is 2.30. The Kier molecular flexibility index (Phi) is 4.54. The minimum atomic E-state index is -0.0700. The van der Waals surface area contributed by atoms with Crippen molar-refractivity contribution >= 4 is 0 Å². The number of nitrogens with one attached hydrogen (secondary N) is 1. The van der Waals surface area contributed by atoms with Crippen LogP contribution in [0.2, 0.25) is 0 Å². The van der Waals surface area contributed by atoms with Crippen molar-refractivity contribution in [3.05, 3.63) is 35.9 Å². The number of aliphatic hydroxyl groups is 1. The molecule has 0 amide bonds. The number of aliphatic hydroxyl groups excluding tert-OH is 1. The van der Waals surface area contributed by atoms with Gasteiger partial charge in [-0.05, 0) is 30.9 Å². The summed E-state index contributed by atoms with van der Waals surface area (Å²) in [5, 5.41) is 12.8. The van der Waals surface area contributed by atoms with E-state index in [9.17, 15) is 5.11 Å². The molecular formula is C14H21NO2. The van der Waals surface area contributed by atoms with Crippen LogP contribution in [0, 0.1) is 5.92 Å². The molecule has 0 spiro atoms. The van der Waals surface area contributed by atoms with Gasteiger partial charge in [-0.25, -0.2) is 0 Å². The normalized spacial score (nSPS) is 25.3. The summed E-state index contributed by atoms with van der Waals surface area (Å²) in [6, 6.07) is 10.6. The molecule has 1 fully saturated rings. The molecule has 1 atom stereocenters. The third-order valence-electron chi connectivity index (χ3n) is 3.40. The minimum Gasteiger partial charge on any atom is -0.393 e. The Bertz CT molecular complexity index is 322. The van der Waals surface area contributed by atoms with Crippen molar-refractivity contribution in [3.8, 4) is 0 Å². The molecule has 0 bridgehead atoms. The third kappa shape index (κ3) is 3.53. The highest BCUT2D eigenvalue weighted by Crippen LogP contribution is 2.27. The molecule has 17 heavy (non-hydrogen) atoms. The maximum Gasteiger partial charge on any atom is 0.0657 e. The number of methoxy groups -OCH3 is 1. The summed E-state index contributed by atoms with van der Waals surface area (Å²) in [4.78, 5) is 0. The number of hydrogen-bond acceptors (Lipinski definition) is 3. The fourth-order valence-corrected chi connectivity index (χ4v) is 2.30. The molecule has 1 saturated carbocycles. The molecule has 1 aromatic rings. The van der Waals surface area contributed by atoms with E-state index in [2.05, 4.69) is 17.4 Å². The molecule has 94 valence electrons. The molecule has 0 heterocycles. The Morgan fingerprint density at radius 3 is 2.65 bits per heavy atom. The zero-order valence-electron chi connectivity index (χ0n) is 10.3. The van der Waals surface area contributed by atoms with Crippen LogP contribution in [-0.2, 0) is 4.74 Å². The summed E-state index contributed by atoms with van der Waals surface area (Å²) in [7, 11) is 1.73. The van der Waals surface area contributed by atoms with Crippen molar-refractivity contribution in [1.82, 2.24) is 5.32 Å². The number of hydrogen-bond donors (Lipinski definition) is 2. The van der Waals surface area contributed by atoms with Gasteiger partial charge in [-0.1, -0.05) is 30.3 Å². The van der Waals surface area contributed by atoms with Gasteiger partial charge in [-0.15, -0.1) is 0 Å². The van der Waals surface area contributed by atoms with Gasteiger partial charge in [-0.2, -0.15) is 0 Å². The van der Waals surface area contributed by atoms with E-state index in [1.807, 2.05) is 18.2 Å². The van der Waals surface area contributed by atoms with Gasteiger partial charge in [0.15, 0.2) is 0 Å². The van der Waals surface area contributed by atoms with E-state index >= 15 is 0 Å². The second kappa shape index (κ2) is 6.15. The van der Waals surface area contributed by atoms with E-state index in [0.29, 0.717) is 12.5 Å². The van der Waals surface area contributed by atoms with Crippen LogP contribution in [0.1, 0.15) is 24.4 Å². The van der Waals surface area contributed by atoms with Crippen LogP contribution >= 0.6 is 0 Å². The van der Waals surface area contributed by atoms with E-state index in [0.717, 1.165) is 19.4 Å². The van der Waals surface area contributed by atoms with Gasteiger partial charge in [0.25, 0.3) is 0 Å². The van der Waals surface area contributed by atoms with Crippen molar-refractivity contribution in [1.29, 1.82) is 0 Å². The third-order valence-corrected chi connectivity index (χ3v) is 3.40. The first-order valence-electron chi connectivity index (χ1n) is 6.25. The quantitative estimate of drug-likeness (QED) is 0.789. The predicted molar refractivity (Wildman–Crippen MR) is 67.8 cm³/mol. The Morgan fingerprint density at radius 2 is 2.06 bits per heavy atom. The van der Waals surface area contributed by atoms with E-state index < -0.39 is 0 Å². The summed E-state index contributed by atoms with van der Waals surface area (Å²) in [6.07, 6.45) is 1.79. The number of benzene rings is 1. The minimum absolute atomic E-state index is 0.0700. The molecule has 0 aliphatic heterocycles. The molecule has 0 saturated heterocycles. The first-order valence-corrected chi connectivity index (χ1v) is 6.25. The lowest BCUT2D eigenvalue weighted by Crippen LogP contribution is -2.38. The molecule has 1 aromatic carbocycles. The van der Waals surface area contributed by atoms with Crippen molar-refractivity contribution in [3.63, 3.8) is 0 Å². The lowest BCUT2D eigenvalue weighted by Gasteiger charge is -2.33. The molecule has 2 rings (SSSR count). The lowest BCUT2D eigenvalue weighted by molar-refractivity contribution is 0.0400. The molecule has 0 aromatic heterocycles. The van der Waals surface area contributed by atoms with Crippen LogP contribution in [0.3, 0.4) is 0 Å². The van der Waals surface area contributed by atoms with Crippen LogP contribution in [0.5, 0.6) is 0 Å². The summed E-state index contributed by atoms with van der Waals surface area (Å²) in [5.41, 5.74) is 1.26. The SMILES string of the molecule is COCC(NCC1CC(O)C1)c1ccccc1. The molecule has 1 aliphatic rings. The van der Waals surface area contributed by atoms with Crippen LogP contribution in [-0.4, -0.2) is 31.5 Å². The number of ether oxygens (including phenoxy) is 1. The van der Waals surface area contributed by atoms with Gasteiger partial charge in [0.2, 0.25) is 0 Å². The zero-order chi connectivity index (χ0) is 12.1. The maximum absolute atomic E-state index is 9.25. The van der Waals surface area contributed by atoms with E-state index in [4.69, 9.17) is 4.74 Å². The van der Waals surface area contributed by atoms with Gasteiger partial charge < -0.3 is 15.2 Å². The van der Waals surface area contributed by atoms with Crippen molar-refractivity contribution < 1.29 is 9.84 Å². The molecule has 1 unspecified atom stereocenters. The highest BCUT2D eigenvalue weighted by Gasteiger charge is 2.27. The van der Waals surface area contributed by atoms with Gasteiger partial charge in [0.05, 0.1) is 18.8 Å². The largest absolute Gasteiger partial charge is 0.393 e. The second-order valence-electron chi connectivity index (χ2n) is 4.82. The fraction of sp³-hybridized carbons (Fsp3) is 0.571. The topological polar surface area (TPSA) is 41.5 Å². The average Bonchev–Trinajstić information content (AvgIpc) is 2.32. The molecule has 0 radical (unpaired) electrons. The highest BCUT2D eigenvalue weighted by atomic mass is 16.5. The summed E-state index contributed by atoms with van der Waals surface area (Å²) in [6.45, 7) is 1.64. The van der Waals surface area contributed by atoms with Crippen molar-refractivity contribution in [2.24, 2.45) is 5.92 Å². The molecule has 3 nitrogen and oxygen atoms in total. The molecule has 3 heteroatoms. The van der Waals surface area contributed by atoms with Crippen molar-refractivity contribution in [2.45, 2.75) is 25.0 Å². The molecule has 2 N–H and O–H groups in total. The lowest BCUT2D eigenvalue weighted by atomic mass is 9.82. The maximum atomic E-state index is 9.25. The van der Waals surface area contributed by atoms with Crippen LogP contribution < -0.4 is 5.32 Å². The van der Waals surface area contributed by atoms with Crippen LogP contribution in [0.25, 0.3) is 0 Å². The van der Waals surface area contributed by atoms with Crippen LogP contribution in [0.15, 0.2) is 30.3 Å². The molecular weight excluding hydrogens is 214 g/mol. The van der Waals surface area contributed by atoms with Gasteiger partial charge in [0, 0.05) is 7.11 Å². The van der Waals surface area contributed by atoms with Crippen molar-refractivity contribution in [2.75, 3.05) is 20.3 Å². The van der Waals surface area contributed by atoms with Gasteiger partial charge in [0.1, 0.15) is 0 Å². The van der Waals surface area contributed by atoms with E-state index in [1.165, 1.54) is 5.56 Å². The summed E-state index contributed by atoms with van der Waals surface area (Å²) < 4.78 is 5.25. The Hall–Kier alpha value is -0.900.